The summed E-state index contributed by atoms with van der Waals surface area (Å²) in [5.74, 6) is 1.91. The van der Waals surface area contributed by atoms with Gasteiger partial charge in [0.25, 0.3) is 0 Å². The van der Waals surface area contributed by atoms with Gasteiger partial charge in [-0.2, -0.15) is 0 Å². The van der Waals surface area contributed by atoms with Crippen LogP contribution in [-0.4, -0.2) is 28.7 Å². The molecular weight excluding hydrogens is 362 g/mol. The normalized spacial score (nSPS) is 11.7. The minimum absolute atomic E-state index is 0.560. The molecule has 3 aromatic rings. The minimum atomic E-state index is 0.560. The molecule has 0 bridgehead atoms. The first-order chi connectivity index (χ1) is 14.2. The first kappa shape index (κ1) is 22.1. The lowest BCUT2D eigenvalue weighted by molar-refractivity contribution is 0.327. The molecule has 0 N–H and O–H groups in total. The fourth-order valence-corrected chi connectivity index (χ4v) is 2.86. The maximum Gasteiger partial charge on any atom is 0.213 e. The van der Waals surface area contributed by atoms with Gasteiger partial charge < -0.3 is 9.47 Å². The Morgan fingerprint density at radius 3 is 2.34 bits per heavy atom. The number of methoxy groups -OCH3 is 1. The summed E-state index contributed by atoms with van der Waals surface area (Å²) in [5, 5.41) is 1.85. The van der Waals surface area contributed by atoms with Crippen molar-refractivity contribution in [2.45, 2.75) is 34.6 Å². The average Bonchev–Trinajstić information content (AvgIpc) is 2.79. The Hall–Kier alpha value is -3.21. The minimum Gasteiger partial charge on any atom is -0.497 e. The lowest BCUT2D eigenvalue weighted by Crippen LogP contribution is -2.31. The van der Waals surface area contributed by atoms with Gasteiger partial charge in [0, 0.05) is 16.8 Å². The molecule has 2 heterocycles. The van der Waals surface area contributed by atoms with Crippen molar-refractivity contribution in [2.24, 2.45) is 0 Å². The van der Waals surface area contributed by atoms with Crippen molar-refractivity contribution in [3.63, 3.8) is 0 Å². The second-order valence-corrected chi connectivity index (χ2v) is 5.80. The Morgan fingerprint density at radius 2 is 1.69 bits per heavy atom. The number of ether oxygens (including phenoxy) is 2. The number of pyridine rings is 1. The highest BCUT2D eigenvalue weighted by Gasteiger charge is 2.11. The summed E-state index contributed by atoms with van der Waals surface area (Å²) in [5.41, 5.74) is 2.49. The molecule has 0 saturated heterocycles. The highest BCUT2D eigenvalue weighted by atomic mass is 16.5. The van der Waals surface area contributed by atoms with E-state index in [0.717, 1.165) is 27.6 Å². The van der Waals surface area contributed by atoms with E-state index in [9.17, 15) is 0 Å². The zero-order valence-corrected chi connectivity index (χ0v) is 18.1. The van der Waals surface area contributed by atoms with Gasteiger partial charge in [-0.1, -0.05) is 44.2 Å². The van der Waals surface area contributed by atoms with Crippen molar-refractivity contribution < 1.29 is 9.47 Å². The summed E-state index contributed by atoms with van der Waals surface area (Å²) in [7, 11) is 1.66. The van der Waals surface area contributed by atoms with Crippen LogP contribution >= 0.6 is 0 Å². The molecule has 5 nitrogen and oxygen atoms in total. The molecule has 152 valence electrons. The lowest BCUT2D eigenvalue weighted by atomic mass is 10.1. The van der Waals surface area contributed by atoms with E-state index in [4.69, 9.17) is 19.4 Å². The van der Waals surface area contributed by atoms with E-state index in [1.165, 1.54) is 0 Å². The fraction of sp³-hybridized carbons (Fsp3) is 0.292. The van der Waals surface area contributed by atoms with Gasteiger partial charge in [-0.05, 0) is 39.0 Å². The van der Waals surface area contributed by atoms with Crippen molar-refractivity contribution >= 4 is 12.2 Å². The maximum absolute atomic E-state index is 5.52. The molecule has 2 aromatic heterocycles. The van der Waals surface area contributed by atoms with Crippen LogP contribution in [0.25, 0.3) is 34.9 Å². The number of rotatable bonds is 5. The molecule has 0 radical (unpaired) electrons. The number of hydrogen-bond acceptors (Lipinski definition) is 5. The topological polar surface area (TPSA) is 57.1 Å². The van der Waals surface area contributed by atoms with E-state index >= 15 is 0 Å². The van der Waals surface area contributed by atoms with E-state index in [1.807, 2.05) is 89.2 Å². The highest BCUT2D eigenvalue weighted by Crippen LogP contribution is 2.22. The highest BCUT2D eigenvalue weighted by molar-refractivity contribution is 5.65. The van der Waals surface area contributed by atoms with Crippen LogP contribution in [0.2, 0.25) is 0 Å². The zero-order chi connectivity index (χ0) is 21.2. The monoisotopic (exact) mass is 391 g/mol. The van der Waals surface area contributed by atoms with Gasteiger partial charge >= 0.3 is 0 Å². The maximum atomic E-state index is 5.52. The van der Waals surface area contributed by atoms with Gasteiger partial charge in [-0.25, -0.2) is 15.0 Å². The quantitative estimate of drug-likeness (QED) is 0.651. The molecule has 0 fully saturated rings. The van der Waals surface area contributed by atoms with Crippen molar-refractivity contribution in [3.8, 4) is 34.4 Å². The molecule has 0 aliphatic carbocycles. The molecular formula is C24H29N3O2. The van der Waals surface area contributed by atoms with Crippen LogP contribution in [0.15, 0.2) is 42.5 Å². The first-order valence-electron chi connectivity index (χ1n) is 9.95. The standard InChI is InChI=1S/C22H23N3O2.C2H6/c1-5-17-18(6-2)24-22(19-12-9-13-20(23-19)27-7-3)25-21(17)15-10-8-11-16(14-15)26-4;1-2/h5-6,8-14H,7H2,1-4H3;1-2H3/b17-5+,18-6+;. The van der Waals surface area contributed by atoms with Gasteiger partial charge in [0.1, 0.15) is 11.4 Å². The molecule has 0 spiro atoms. The van der Waals surface area contributed by atoms with E-state index in [0.29, 0.717) is 24.0 Å². The Morgan fingerprint density at radius 1 is 0.931 bits per heavy atom. The molecule has 5 heteroatoms. The number of aromatic nitrogens is 3. The largest absolute Gasteiger partial charge is 0.497 e. The molecule has 0 unspecified atom stereocenters. The Labute approximate surface area is 172 Å². The van der Waals surface area contributed by atoms with Gasteiger partial charge in [0.05, 0.1) is 24.8 Å². The molecule has 0 aliphatic rings. The molecule has 3 rings (SSSR count). The third kappa shape index (κ3) is 5.19. The van der Waals surface area contributed by atoms with Crippen molar-refractivity contribution in [1.29, 1.82) is 0 Å². The van der Waals surface area contributed by atoms with Crippen molar-refractivity contribution in [1.82, 2.24) is 15.0 Å². The summed E-state index contributed by atoms with van der Waals surface area (Å²) in [6.45, 7) is 10.5. The van der Waals surface area contributed by atoms with Crippen LogP contribution in [0.1, 0.15) is 34.6 Å². The third-order valence-electron chi connectivity index (χ3n) is 4.13. The molecule has 0 amide bonds. The van der Waals surface area contributed by atoms with Crippen LogP contribution in [0.4, 0.5) is 0 Å². The van der Waals surface area contributed by atoms with Crippen LogP contribution < -0.4 is 20.0 Å². The Balaban J connectivity index is 0.00000145. The van der Waals surface area contributed by atoms with Crippen LogP contribution in [0.3, 0.4) is 0 Å². The Kier molecular flexibility index (Phi) is 8.34. The van der Waals surface area contributed by atoms with Gasteiger partial charge in [0.15, 0.2) is 5.82 Å². The average molecular weight is 392 g/mol. The first-order valence-corrected chi connectivity index (χ1v) is 9.95. The second-order valence-electron chi connectivity index (χ2n) is 5.80. The number of hydrogen-bond donors (Lipinski definition) is 0. The van der Waals surface area contributed by atoms with E-state index in [2.05, 4.69) is 4.98 Å². The van der Waals surface area contributed by atoms with E-state index in [1.54, 1.807) is 7.11 Å². The third-order valence-corrected chi connectivity index (χ3v) is 4.13. The second kappa shape index (κ2) is 11.0. The molecule has 1 aromatic carbocycles. The fourth-order valence-electron chi connectivity index (χ4n) is 2.86. The number of benzene rings is 1. The van der Waals surface area contributed by atoms with Gasteiger partial charge in [-0.3, -0.25) is 0 Å². The molecule has 0 atom stereocenters. The van der Waals surface area contributed by atoms with Crippen LogP contribution in [-0.2, 0) is 0 Å². The summed E-state index contributed by atoms with van der Waals surface area (Å²) in [6.07, 6.45) is 4.01. The van der Waals surface area contributed by atoms with Crippen LogP contribution in [0, 0.1) is 0 Å². The molecule has 0 saturated carbocycles. The number of nitrogens with zero attached hydrogens (tertiary/aromatic N) is 3. The van der Waals surface area contributed by atoms with E-state index in [-0.39, 0.29) is 0 Å². The van der Waals surface area contributed by atoms with Gasteiger partial charge in [-0.15, -0.1) is 0 Å². The van der Waals surface area contributed by atoms with Crippen molar-refractivity contribution in [2.75, 3.05) is 13.7 Å². The van der Waals surface area contributed by atoms with E-state index < -0.39 is 0 Å². The van der Waals surface area contributed by atoms with Gasteiger partial charge in [0.2, 0.25) is 5.88 Å². The lowest BCUT2D eigenvalue weighted by Gasteiger charge is -2.09. The van der Waals surface area contributed by atoms with Crippen molar-refractivity contribution in [3.05, 3.63) is 53.0 Å². The summed E-state index contributed by atoms with van der Waals surface area (Å²) in [4.78, 5) is 14.1. The summed E-state index contributed by atoms with van der Waals surface area (Å²) < 4.78 is 10.9. The molecule has 29 heavy (non-hydrogen) atoms. The SMILES string of the molecule is C/C=c1/c(-c2cccc(OC)c2)nc(-c2cccc(OCC)n2)n/c1=C/C.CC. The smallest absolute Gasteiger partial charge is 0.213 e. The van der Waals surface area contributed by atoms with Crippen LogP contribution in [0.5, 0.6) is 11.6 Å². The predicted molar refractivity (Wildman–Crippen MR) is 119 cm³/mol. The Bertz CT molecular complexity index is 1060. The summed E-state index contributed by atoms with van der Waals surface area (Å²) >= 11 is 0. The molecule has 0 aliphatic heterocycles. The summed E-state index contributed by atoms with van der Waals surface area (Å²) in [6, 6.07) is 13.5. The predicted octanol–water partition coefficient (Wildman–Crippen LogP) is 4.24. The zero-order valence-electron chi connectivity index (χ0n) is 18.1.